The van der Waals surface area contributed by atoms with E-state index in [9.17, 15) is 19.5 Å². The summed E-state index contributed by atoms with van der Waals surface area (Å²) in [6.45, 7) is 1.93. The van der Waals surface area contributed by atoms with Crippen molar-refractivity contribution in [3.63, 3.8) is 0 Å². The Morgan fingerprint density at radius 3 is 2.41 bits per heavy atom. The highest BCUT2D eigenvalue weighted by Crippen LogP contribution is 2.48. The van der Waals surface area contributed by atoms with E-state index in [1.807, 2.05) is 36.4 Å². The van der Waals surface area contributed by atoms with E-state index in [1.54, 1.807) is 49.4 Å². The summed E-state index contributed by atoms with van der Waals surface area (Å²) in [6.07, 6.45) is -0.0916. The number of nitrogens with zero attached hydrogens (tertiary/aromatic N) is 1. The van der Waals surface area contributed by atoms with Crippen molar-refractivity contribution < 1.29 is 24.2 Å². The fraction of sp³-hybridized carbons (Fsp3) is 0.167. The average Bonchev–Trinajstić information content (AvgIpc) is 3.14. The van der Waals surface area contributed by atoms with Gasteiger partial charge in [0, 0.05) is 29.3 Å². The highest BCUT2D eigenvalue weighted by atomic mass is 16.5. The predicted molar refractivity (Wildman–Crippen MR) is 141 cm³/mol. The molecule has 186 valence electrons. The summed E-state index contributed by atoms with van der Waals surface area (Å²) in [6, 6.07) is 26.6. The van der Waals surface area contributed by atoms with Crippen LogP contribution in [0.4, 0.5) is 11.4 Å². The lowest BCUT2D eigenvalue weighted by Gasteiger charge is -2.30. The highest BCUT2D eigenvalue weighted by Gasteiger charge is 2.52. The molecule has 0 radical (unpaired) electrons. The van der Waals surface area contributed by atoms with E-state index in [1.165, 1.54) is 17.0 Å². The van der Waals surface area contributed by atoms with E-state index in [2.05, 4.69) is 5.32 Å². The summed E-state index contributed by atoms with van der Waals surface area (Å²) < 4.78 is 5.12. The van der Waals surface area contributed by atoms with Crippen LogP contribution < -0.4 is 10.2 Å². The molecule has 0 aromatic heterocycles. The molecular formula is C30H26N2O5. The van der Waals surface area contributed by atoms with Crippen LogP contribution in [0.15, 0.2) is 91.0 Å². The largest absolute Gasteiger partial charge is 0.508 e. The third-order valence-corrected chi connectivity index (χ3v) is 6.61. The number of amides is 2. The van der Waals surface area contributed by atoms with Crippen LogP contribution in [0.2, 0.25) is 0 Å². The molecule has 5 rings (SSSR count). The van der Waals surface area contributed by atoms with Gasteiger partial charge in [-0.25, -0.2) is 0 Å². The van der Waals surface area contributed by atoms with Crippen LogP contribution in [0.5, 0.6) is 5.75 Å². The topological polar surface area (TPSA) is 95.9 Å². The Bertz CT molecular complexity index is 1500. The Hall–Kier alpha value is -4.65. The maximum absolute atomic E-state index is 14.2. The van der Waals surface area contributed by atoms with Gasteiger partial charge in [0.15, 0.2) is 0 Å². The number of fused-ring (bicyclic) bond motifs is 2. The zero-order chi connectivity index (χ0) is 26.0. The lowest BCUT2D eigenvalue weighted by atomic mass is 9.85. The number of phenols is 1. The fourth-order valence-electron chi connectivity index (χ4n) is 4.86. The van der Waals surface area contributed by atoms with Gasteiger partial charge in [0.25, 0.3) is 11.8 Å². The molecular weight excluding hydrogens is 468 g/mol. The van der Waals surface area contributed by atoms with Crippen molar-refractivity contribution in [1.29, 1.82) is 0 Å². The molecule has 0 saturated heterocycles. The van der Waals surface area contributed by atoms with Crippen molar-refractivity contribution in [3.8, 4) is 5.75 Å². The minimum absolute atomic E-state index is 0.00883. The number of phenolic OH excluding ortho intramolecular Hbond substituents is 1. The maximum atomic E-state index is 14.2. The second-order valence-electron chi connectivity index (χ2n) is 8.90. The first-order valence-electron chi connectivity index (χ1n) is 12.1. The molecule has 4 aromatic carbocycles. The van der Waals surface area contributed by atoms with Crippen LogP contribution in [0.25, 0.3) is 10.8 Å². The fourth-order valence-corrected chi connectivity index (χ4v) is 4.86. The van der Waals surface area contributed by atoms with E-state index in [-0.39, 0.29) is 25.2 Å². The van der Waals surface area contributed by atoms with E-state index in [0.29, 0.717) is 22.5 Å². The van der Waals surface area contributed by atoms with Gasteiger partial charge in [0.05, 0.1) is 12.3 Å². The summed E-state index contributed by atoms with van der Waals surface area (Å²) in [5.74, 6) is -1.35. The van der Waals surface area contributed by atoms with Crippen molar-refractivity contribution in [3.05, 3.63) is 102 Å². The quantitative estimate of drug-likeness (QED) is 0.345. The van der Waals surface area contributed by atoms with E-state index in [0.717, 1.165) is 10.8 Å². The van der Waals surface area contributed by atoms with Crippen molar-refractivity contribution in [2.75, 3.05) is 11.5 Å². The van der Waals surface area contributed by atoms with E-state index >= 15 is 0 Å². The lowest BCUT2D eigenvalue weighted by molar-refractivity contribution is -0.143. The summed E-state index contributed by atoms with van der Waals surface area (Å²) in [5.41, 5.74) is 0.364. The molecule has 37 heavy (non-hydrogen) atoms. The molecule has 0 fully saturated rings. The van der Waals surface area contributed by atoms with Crippen LogP contribution in [0.1, 0.15) is 35.7 Å². The molecule has 7 nitrogen and oxygen atoms in total. The number of rotatable bonds is 7. The first-order valence-corrected chi connectivity index (χ1v) is 12.1. The molecule has 0 bridgehead atoms. The molecule has 4 aromatic rings. The number of carbonyl (C=O) groups is 3. The molecule has 2 N–H and O–H groups in total. The van der Waals surface area contributed by atoms with Gasteiger partial charge in [-0.3, -0.25) is 19.3 Å². The molecule has 7 heteroatoms. The molecule has 0 saturated carbocycles. The molecule has 1 unspecified atom stereocenters. The number of anilines is 2. The second-order valence-corrected chi connectivity index (χ2v) is 8.90. The van der Waals surface area contributed by atoms with Gasteiger partial charge in [-0.15, -0.1) is 0 Å². The van der Waals surface area contributed by atoms with Crippen LogP contribution in [-0.4, -0.2) is 29.5 Å². The average molecular weight is 495 g/mol. The summed E-state index contributed by atoms with van der Waals surface area (Å²) >= 11 is 0. The zero-order valence-electron chi connectivity index (χ0n) is 20.3. The molecule has 2 amide bonds. The summed E-state index contributed by atoms with van der Waals surface area (Å²) in [5, 5.41) is 15.1. The number of esters is 1. The van der Waals surface area contributed by atoms with Gasteiger partial charge in [-0.05, 0) is 54.4 Å². The standard InChI is InChI=1S/C30H26N2O5/c1-2-37-27(34)16-17-30(31-28(35)22-13-12-20-8-6-7-9-21(20)18-22)25-15-14-24(33)19-26(25)32(29(30)36)23-10-4-3-5-11-23/h3-15,18-19,33H,2,16-17H2,1H3,(H,31,35). The van der Waals surface area contributed by atoms with Crippen molar-refractivity contribution in [2.45, 2.75) is 25.3 Å². The minimum atomic E-state index is -1.55. The monoisotopic (exact) mass is 494 g/mol. The number of para-hydroxylation sites is 1. The van der Waals surface area contributed by atoms with Gasteiger partial charge in [-0.1, -0.05) is 54.6 Å². The van der Waals surface area contributed by atoms with Gasteiger partial charge in [0.2, 0.25) is 0 Å². The Morgan fingerprint density at radius 2 is 1.65 bits per heavy atom. The van der Waals surface area contributed by atoms with Gasteiger partial charge < -0.3 is 15.2 Å². The van der Waals surface area contributed by atoms with Crippen LogP contribution in [-0.2, 0) is 19.9 Å². The van der Waals surface area contributed by atoms with Crippen molar-refractivity contribution in [1.82, 2.24) is 5.32 Å². The number of nitrogens with one attached hydrogen (secondary N) is 1. The number of ether oxygens (including phenoxy) is 1. The number of benzene rings is 4. The Labute approximate surface area is 214 Å². The summed E-state index contributed by atoms with van der Waals surface area (Å²) in [4.78, 5) is 41.7. The number of aromatic hydroxyl groups is 1. The Morgan fingerprint density at radius 1 is 0.919 bits per heavy atom. The van der Waals surface area contributed by atoms with E-state index < -0.39 is 23.3 Å². The van der Waals surface area contributed by atoms with Crippen LogP contribution in [0, 0.1) is 0 Å². The van der Waals surface area contributed by atoms with Gasteiger partial charge >= 0.3 is 5.97 Å². The number of hydrogen-bond donors (Lipinski definition) is 2. The molecule has 1 heterocycles. The SMILES string of the molecule is CCOC(=O)CCC1(NC(=O)c2ccc3ccccc3c2)C(=O)N(c2ccccc2)c2cc(O)ccc21. The maximum Gasteiger partial charge on any atom is 0.305 e. The first-order chi connectivity index (χ1) is 17.9. The van der Waals surface area contributed by atoms with Gasteiger partial charge in [-0.2, -0.15) is 0 Å². The van der Waals surface area contributed by atoms with E-state index in [4.69, 9.17) is 4.74 Å². The summed E-state index contributed by atoms with van der Waals surface area (Å²) in [7, 11) is 0. The number of carbonyl (C=O) groups excluding carboxylic acids is 3. The third-order valence-electron chi connectivity index (χ3n) is 6.61. The van der Waals surface area contributed by atoms with Crippen LogP contribution >= 0.6 is 0 Å². The minimum Gasteiger partial charge on any atom is -0.508 e. The van der Waals surface area contributed by atoms with Crippen molar-refractivity contribution >= 4 is 39.9 Å². The molecule has 0 aliphatic carbocycles. The number of hydrogen-bond acceptors (Lipinski definition) is 5. The lowest BCUT2D eigenvalue weighted by Crippen LogP contribution is -2.52. The van der Waals surface area contributed by atoms with Gasteiger partial charge in [0.1, 0.15) is 11.3 Å². The predicted octanol–water partition coefficient (Wildman–Crippen LogP) is 5.19. The van der Waals surface area contributed by atoms with Crippen molar-refractivity contribution in [2.24, 2.45) is 0 Å². The third kappa shape index (κ3) is 4.40. The highest BCUT2D eigenvalue weighted by molar-refractivity contribution is 6.15. The molecule has 1 aliphatic rings. The normalized spacial score (nSPS) is 16.5. The van der Waals surface area contributed by atoms with Crippen LogP contribution in [0.3, 0.4) is 0 Å². The molecule has 1 atom stereocenters. The smallest absolute Gasteiger partial charge is 0.305 e. The molecule has 1 aliphatic heterocycles. The Balaban J connectivity index is 1.60. The Kier molecular flexibility index (Phi) is 6.36. The second kappa shape index (κ2) is 9.78. The first kappa shape index (κ1) is 24.1. The zero-order valence-corrected chi connectivity index (χ0v) is 20.3. The molecule has 0 spiro atoms.